The van der Waals surface area contributed by atoms with Crippen molar-refractivity contribution in [3.8, 4) is 0 Å². The fourth-order valence-electron chi connectivity index (χ4n) is 2.91. The Labute approximate surface area is 183 Å². The molecule has 0 aliphatic heterocycles. The van der Waals surface area contributed by atoms with Crippen LogP contribution in [0.1, 0.15) is 88.0 Å². The van der Waals surface area contributed by atoms with Crippen molar-refractivity contribution in [2.24, 2.45) is 5.92 Å². The van der Waals surface area contributed by atoms with Crippen molar-refractivity contribution < 1.29 is 23.9 Å². The standard InChI is InChI=1S/C23H44N2O5/c1-16(2)14-18(15-26)25-21(28)19(24-17(3)4)10-11-20(27)30-23(8,9)12-13-29-22(5,6)7/h15-19,24H,10-14H2,1-9H3,(H,25,28)/t18-,19-/m0/s1. The molecule has 0 unspecified atom stereocenters. The Morgan fingerprint density at radius 1 is 1.03 bits per heavy atom. The Kier molecular flexibility index (Phi) is 12.4. The van der Waals surface area contributed by atoms with E-state index in [2.05, 4.69) is 10.6 Å². The molecule has 0 saturated carbocycles. The van der Waals surface area contributed by atoms with Gasteiger partial charge in [0, 0.05) is 18.9 Å². The zero-order valence-corrected chi connectivity index (χ0v) is 20.5. The molecule has 0 radical (unpaired) electrons. The number of hydrogen-bond acceptors (Lipinski definition) is 6. The number of esters is 1. The molecule has 176 valence electrons. The summed E-state index contributed by atoms with van der Waals surface area (Å²) in [5.41, 5.74) is -0.885. The van der Waals surface area contributed by atoms with Crippen LogP contribution in [0.5, 0.6) is 0 Å². The average Bonchev–Trinajstić information content (AvgIpc) is 2.55. The molecular weight excluding hydrogens is 384 g/mol. The lowest BCUT2D eigenvalue weighted by Gasteiger charge is -2.28. The molecule has 2 N–H and O–H groups in total. The van der Waals surface area contributed by atoms with Gasteiger partial charge in [-0.25, -0.2) is 0 Å². The Balaban J connectivity index is 4.74. The second kappa shape index (κ2) is 13.1. The van der Waals surface area contributed by atoms with Gasteiger partial charge in [0.05, 0.1) is 24.3 Å². The highest BCUT2D eigenvalue weighted by Gasteiger charge is 2.27. The molecule has 0 aliphatic carbocycles. The van der Waals surface area contributed by atoms with Crippen molar-refractivity contribution in [1.29, 1.82) is 0 Å². The monoisotopic (exact) mass is 428 g/mol. The van der Waals surface area contributed by atoms with Crippen LogP contribution in [0.15, 0.2) is 0 Å². The van der Waals surface area contributed by atoms with E-state index in [1.165, 1.54) is 0 Å². The van der Waals surface area contributed by atoms with Crippen LogP contribution in [0.3, 0.4) is 0 Å². The van der Waals surface area contributed by atoms with Gasteiger partial charge < -0.3 is 24.9 Å². The van der Waals surface area contributed by atoms with Crippen molar-refractivity contribution in [2.45, 2.75) is 117 Å². The van der Waals surface area contributed by atoms with Crippen molar-refractivity contribution in [3.63, 3.8) is 0 Å². The zero-order valence-electron chi connectivity index (χ0n) is 20.5. The van der Waals surface area contributed by atoms with E-state index < -0.39 is 17.7 Å². The highest BCUT2D eigenvalue weighted by atomic mass is 16.6. The minimum atomic E-state index is -0.647. The first-order valence-electron chi connectivity index (χ1n) is 11.0. The lowest BCUT2D eigenvalue weighted by Crippen LogP contribution is -2.50. The van der Waals surface area contributed by atoms with Crippen molar-refractivity contribution in [3.05, 3.63) is 0 Å². The fraction of sp³-hybridized carbons (Fsp3) is 0.870. The van der Waals surface area contributed by atoms with Crippen LogP contribution in [-0.4, -0.2) is 54.1 Å². The summed E-state index contributed by atoms with van der Waals surface area (Å²) in [6, 6.07) is -1.04. The van der Waals surface area contributed by atoms with Crippen LogP contribution in [0.25, 0.3) is 0 Å². The van der Waals surface area contributed by atoms with Crippen LogP contribution >= 0.6 is 0 Å². The first kappa shape index (κ1) is 28.5. The number of ether oxygens (including phenoxy) is 2. The second-order valence-corrected chi connectivity index (χ2v) is 10.2. The minimum absolute atomic E-state index is 0.0579. The molecule has 0 spiro atoms. The largest absolute Gasteiger partial charge is 0.460 e. The van der Waals surface area contributed by atoms with Gasteiger partial charge in [-0.3, -0.25) is 9.59 Å². The van der Waals surface area contributed by atoms with E-state index in [-0.39, 0.29) is 35.9 Å². The second-order valence-electron chi connectivity index (χ2n) is 10.2. The SMILES string of the molecule is CC(C)C[C@@H](C=O)NC(=O)[C@H](CCC(=O)OC(C)(C)CCOC(C)(C)C)NC(C)C. The van der Waals surface area contributed by atoms with E-state index in [9.17, 15) is 14.4 Å². The topological polar surface area (TPSA) is 93.7 Å². The van der Waals surface area contributed by atoms with Crippen molar-refractivity contribution in [2.75, 3.05) is 6.61 Å². The summed E-state index contributed by atoms with van der Waals surface area (Å²) in [5, 5.41) is 5.96. The molecule has 0 heterocycles. The first-order valence-corrected chi connectivity index (χ1v) is 11.0. The number of amides is 1. The molecular formula is C23H44N2O5. The van der Waals surface area contributed by atoms with E-state index in [1.807, 2.05) is 62.3 Å². The molecule has 7 nitrogen and oxygen atoms in total. The van der Waals surface area contributed by atoms with Gasteiger partial charge in [-0.15, -0.1) is 0 Å². The highest BCUT2D eigenvalue weighted by molar-refractivity contribution is 5.85. The molecule has 2 atom stereocenters. The van der Waals surface area contributed by atoms with Crippen molar-refractivity contribution in [1.82, 2.24) is 10.6 Å². The van der Waals surface area contributed by atoms with E-state index in [0.717, 1.165) is 6.29 Å². The summed E-state index contributed by atoms with van der Waals surface area (Å²) in [6.07, 6.45) is 2.33. The average molecular weight is 429 g/mol. The fourth-order valence-corrected chi connectivity index (χ4v) is 2.91. The Bertz CT molecular complexity index is 538. The summed E-state index contributed by atoms with van der Waals surface area (Å²) >= 11 is 0. The van der Waals surface area contributed by atoms with Gasteiger partial charge in [0.15, 0.2) is 0 Å². The Hall–Kier alpha value is -1.47. The molecule has 0 saturated heterocycles. The quantitative estimate of drug-likeness (QED) is 0.325. The van der Waals surface area contributed by atoms with Gasteiger partial charge >= 0.3 is 5.97 Å². The van der Waals surface area contributed by atoms with Gasteiger partial charge in [-0.05, 0) is 53.4 Å². The molecule has 1 amide bonds. The molecule has 0 aliphatic rings. The number of carbonyl (C=O) groups is 3. The van der Waals surface area contributed by atoms with Gasteiger partial charge in [-0.2, -0.15) is 0 Å². The van der Waals surface area contributed by atoms with E-state index in [4.69, 9.17) is 9.47 Å². The Morgan fingerprint density at radius 2 is 1.63 bits per heavy atom. The summed E-state index contributed by atoms with van der Waals surface area (Å²) in [7, 11) is 0. The predicted octanol–water partition coefficient (Wildman–Crippen LogP) is 3.39. The zero-order chi connectivity index (χ0) is 23.5. The number of aldehydes is 1. The lowest BCUT2D eigenvalue weighted by atomic mass is 10.0. The molecule has 0 aromatic heterocycles. The van der Waals surface area contributed by atoms with E-state index in [0.29, 0.717) is 25.9 Å². The number of hydrogen-bond donors (Lipinski definition) is 2. The third-order valence-electron chi connectivity index (χ3n) is 4.33. The molecule has 0 bridgehead atoms. The van der Waals surface area contributed by atoms with Gasteiger partial charge in [0.25, 0.3) is 0 Å². The van der Waals surface area contributed by atoms with E-state index in [1.54, 1.807) is 0 Å². The molecule has 30 heavy (non-hydrogen) atoms. The molecule has 7 heteroatoms. The number of nitrogens with one attached hydrogen (secondary N) is 2. The van der Waals surface area contributed by atoms with Crippen LogP contribution in [0.4, 0.5) is 0 Å². The third kappa shape index (κ3) is 14.5. The Morgan fingerprint density at radius 3 is 2.10 bits per heavy atom. The predicted molar refractivity (Wildman–Crippen MR) is 119 cm³/mol. The summed E-state index contributed by atoms with van der Waals surface area (Å²) < 4.78 is 11.3. The smallest absolute Gasteiger partial charge is 0.306 e. The maximum absolute atomic E-state index is 12.7. The van der Waals surface area contributed by atoms with Gasteiger partial charge in [0.2, 0.25) is 5.91 Å². The van der Waals surface area contributed by atoms with Gasteiger partial charge in [-0.1, -0.05) is 27.7 Å². The van der Waals surface area contributed by atoms with E-state index >= 15 is 0 Å². The van der Waals surface area contributed by atoms with Crippen LogP contribution in [0, 0.1) is 5.92 Å². The van der Waals surface area contributed by atoms with Gasteiger partial charge in [0.1, 0.15) is 11.9 Å². The first-order chi connectivity index (χ1) is 13.6. The number of rotatable bonds is 14. The number of carbonyl (C=O) groups excluding carboxylic acids is 3. The van der Waals surface area contributed by atoms with Crippen molar-refractivity contribution >= 4 is 18.2 Å². The third-order valence-corrected chi connectivity index (χ3v) is 4.33. The molecule has 0 aromatic carbocycles. The normalized spacial score (nSPS) is 14.5. The summed E-state index contributed by atoms with van der Waals surface area (Å²) in [5.74, 6) is -0.336. The molecule has 0 fully saturated rings. The summed E-state index contributed by atoms with van der Waals surface area (Å²) in [6.45, 7) is 18.0. The maximum atomic E-state index is 12.7. The molecule has 0 rings (SSSR count). The highest BCUT2D eigenvalue weighted by Crippen LogP contribution is 2.18. The van der Waals surface area contributed by atoms with Crippen LogP contribution in [-0.2, 0) is 23.9 Å². The minimum Gasteiger partial charge on any atom is -0.460 e. The molecule has 0 aromatic rings. The lowest BCUT2D eigenvalue weighted by molar-refractivity contribution is -0.159. The summed E-state index contributed by atoms with van der Waals surface area (Å²) in [4.78, 5) is 36.3. The maximum Gasteiger partial charge on any atom is 0.306 e. The van der Waals surface area contributed by atoms with Crippen LogP contribution < -0.4 is 10.6 Å². The van der Waals surface area contributed by atoms with Crippen LogP contribution in [0.2, 0.25) is 0 Å².